The van der Waals surface area contributed by atoms with Crippen LogP contribution in [0.1, 0.15) is 32.3 Å². The van der Waals surface area contributed by atoms with E-state index in [1.54, 1.807) is 32.0 Å². The molecule has 1 N–H and O–H groups in total. The molecule has 0 spiro atoms. The van der Waals surface area contributed by atoms with Gasteiger partial charge in [-0.25, -0.2) is 8.42 Å². The monoisotopic (exact) mass is 377 g/mol. The summed E-state index contributed by atoms with van der Waals surface area (Å²) >= 11 is 3.29. The topological polar surface area (TPSA) is 74.7 Å². The van der Waals surface area contributed by atoms with Crippen LogP contribution in [0.25, 0.3) is 0 Å². The lowest BCUT2D eigenvalue weighted by Crippen LogP contribution is -2.38. The lowest BCUT2D eigenvalue weighted by Gasteiger charge is -2.26. The molecule has 0 heterocycles. The zero-order chi connectivity index (χ0) is 16.2. The Bertz CT molecular complexity index is 613. The molecule has 0 saturated heterocycles. The minimum atomic E-state index is -3.65. The molecule has 118 valence electrons. The quantitative estimate of drug-likeness (QED) is 0.792. The molecular weight excluding hydrogens is 358 g/mol. The summed E-state index contributed by atoms with van der Waals surface area (Å²) in [6.07, 6.45) is 0.240. The Morgan fingerprint density at radius 1 is 1.38 bits per heavy atom. The summed E-state index contributed by atoms with van der Waals surface area (Å²) in [4.78, 5) is 10.8. The third-order valence-electron chi connectivity index (χ3n) is 3.02. The maximum Gasteiger partial charge on any atom is 0.303 e. The molecule has 1 rings (SSSR count). The van der Waals surface area contributed by atoms with E-state index in [0.29, 0.717) is 4.47 Å². The molecule has 1 aromatic carbocycles. The molecule has 0 bridgehead atoms. The number of rotatable bonds is 7. The van der Waals surface area contributed by atoms with Crippen molar-refractivity contribution >= 4 is 31.9 Å². The number of halogens is 1. The standard InChI is InChI=1S/C14H20BrNO4S/c1-10(2)16(8-4-5-14(17)18)21(19,20)13-7-6-11(3)9-12(13)15/h6-7,9-10H,4-5,8H2,1-3H3,(H,17,18). The van der Waals surface area contributed by atoms with E-state index in [4.69, 9.17) is 5.11 Å². The van der Waals surface area contributed by atoms with Crippen LogP contribution in [0.4, 0.5) is 0 Å². The van der Waals surface area contributed by atoms with Crippen molar-refractivity contribution in [1.82, 2.24) is 4.31 Å². The Morgan fingerprint density at radius 2 is 2.00 bits per heavy atom. The Morgan fingerprint density at radius 3 is 2.48 bits per heavy atom. The molecule has 0 amide bonds. The lowest BCUT2D eigenvalue weighted by molar-refractivity contribution is -0.137. The minimum Gasteiger partial charge on any atom is -0.481 e. The molecule has 5 nitrogen and oxygen atoms in total. The van der Waals surface area contributed by atoms with Crippen molar-refractivity contribution in [2.75, 3.05) is 6.54 Å². The van der Waals surface area contributed by atoms with Crippen LogP contribution in [-0.4, -0.2) is 36.4 Å². The first-order chi connectivity index (χ1) is 9.66. The average molecular weight is 378 g/mol. The summed E-state index contributed by atoms with van der Waals surface area (Å²) in [6.45, 7) is 5.63. The van der Waals surface area contributed by atoms with Crippen molar-refractivity contribution in [3.63, 3.8) is 0 Å². The van der Waals surface area contributed by atoms with E-state index in [1.807, 2.05) is 6.92 Å². The Balaban J connectivity index is 3.07. The van der Waals surface area contributed by atoms with Gasteiger partial charge in [-0.1, -0.05) is 6.07 Å². The molecule has 0 aliphatic rings. The summed E-state index contributed by atoms with van der Waals surface area (Å²) in [6, 6.07) is 4.83. The van der Waals surface area contributed by atoms with Gasteiger partial charge in [0, 0.05) is 23.5 Å². The van der Waals surface area contributed by atoms with Gasteiger partial charge in [-0.05, 0) is 60.8 Å². The van der Waals surface area contributed by atoms with Crippen molar-refractivity contribution < 1.29 is 18.3 Å². The van der Waals surface area contributed by atoms with Crippen molar-refractivity contribution in [2.45, 2.75) is 44.6 Å². The second-order valence-electron chi connectivity index (χ2n) is 5.14. The molecule has 1 aromatic rings. The second kappa shape index (κ2) is 7.38. The Hall–Kier alpha value is -0.920. The third-order valence-corrected chi connectivity index (χ3v) is 6.07. The zero-order valence-corrected chi connectivity index (χ0v) is 14.7. The van der Waals surface area contributed by atoms with E-state index in [-0.39, 0.29) is 30.3 Å². The van der Waals surface area contributed by atoms with Gasteiger partial charge in [-0.15, -0.1) is 0 Å². The first-order valence-corrected chi connectivity index (χ1v) is 8.89. The van der Waals surface area contributed by atoms with Gasteiger partial charge in [0.05, 0.1) is 4.90 Å². The number of carboxylic acid groups (broad SMARTS) is 1. The highest BCUT2D eigenvalue weighted by atomic mass is 79.9. The highest BCUT2D eigenvalue weighted by Gasteiger charge is 2.28. The number of benzene rings is 1. The van der Waals surface area contributed by atoms with Crippen LogP contribution in [0.15, 0.2) is 27.6 Å². The largest absolute Gasteiger partial charge is 0.481 e. The number of hydrogen-bond donors (Lipinski definition) is 1. The van der Waals surface area contributed by atoms with Crippen molar-refractivity contribution in [3.8, 4) is 0 Å². The van der Waals surface area contributed by atoms with Crippen LogP contribution in [0.3, 0.4) is 0 Å². The predicted octanol–water partition coefficient (Wildman–Crippen LogP) is 3.02. The molecule has 0 fully saturated rings. The zero-order valence-electron chi connectivity index (χ0n) is 12.3. The van der Waals surface area contributed by atoms with Crippen molar-refractivity contribution in [1.29, 1.82) is 0 Å². The maximum atomic E-state index is 12.7. The SMILES string of the molecule is Cc1ccc(S(=O)(=O)N(CCCC(=O)O)C(C)C)c(Br)c1. The molecule has 0 aromatic heterocycles. The van der Waals surface area contributed by atoms with E-state index in [0.717, 1.165) is 5.56 Å². The summed E-state index contributed by atoms with van der Waals surface area (Å²) in [5.41, 5.74) is 0.961. The molecule has 0 aliphatic carbocycles. The number of carboxylic acids is 1. The average Bonchev–Trinajstić information content (AvgIpc) is 2.32. The summed E-state index contributed by atoms with van der Waals surface area (Å²) in [5.74, 6) is -0.923. The first-order valence-electron chi connectivity index (χ1n) is 6.66. The molecule has 7 heteroatoms. The third kappa shape index (κ3) is 4.79. The fourth-order valence-corrected chi connectivity index (χ4v) is 4.81. The van der Waals surface area contributed by atoms with Gasteiger partial charge in [-0.3, -0.25) is 4.79 Å². The molecule has 0 atom stereocenters. The maximum absolute atomic E-state index is 12.7. The number of aliphatic carboxylic acids is 1. The molecule has 0 radical (unpaired) electrons. The van der Waals surface area contributed by atoms with E-state index in [2.05, 4.69) is 15.9 Å². The number of aryl methyl sites for hydroxylation is 1. The van der Waals surface area contributed by atoms with Crippen LogP contribution < -0.4 is 0 Å². The van der Waals surface area contributed by atoms with Crippen molar-refractivity contribution in [2.24, 2.45) is 0 Å². The van der Waals surface area contributed by atoms with Gasteiger partial charge in [0.15, 0.2) is 0 Å². The number of hydrogen-bond acceptors (Lipinski definition) is 3. The van der Waals surface area contributed by atoms with Crippen LogP contribution in [-0.2, 0) is 14.8 Å². The van der Waals surface area contributed by atoms with Gasteiger partial charge < -0.3 is 5.11 Å². The van der Waals surface area contributed by atoms with Crippen LogP contribution >= 0.6 is 15.9 Å². The van der Waals surface area contributed by atoms with E-state index in [1.165, 1.54) is 4.31 Å². The molecule has 0 saturated carbocycles. The fourth-order valence-electron chi connectivity index (χ4n) is 1.98. The predicted molar refractivity (Wildman–Crippen MR) is 84.8 cm³/mol. The van der Waals surface area contributed by atoms with Gasteiger partial charge in [0.25, 0.3) is 0 Å². The fraction of sp³-hybridized carbons (Fsp3) is 0.500. The van der Waals surface area contributed by atoms with Gasteiger partial charge in [-0.2, -0.15) is 4.31 Å². The van der Waals surface area contributed by atoms with Crippen LogP contribution in [0.5, 0.6) is 0 Å². The minimum absolute atomic E-state index is 0.0478. The number of carbonyl (C=O) groups is 1. The van der Waals surface area contributed by atoms with Crippen LogP contribution in [0.2, 0.25) is 0 Å². The van der Waals surface area contributed by atoms with Gasteiger partial charge in [0.2, 0.25) is 10.0 Å². The van der Waals surface area contributed by atoms with E-state index >= 15 is 0 Å². The number of nitrogens with zero attached hydrogens (tertiary/aromatic N) is 1. The summed E-state index contributed by atoms with van der Waals surface area (Å²) in [5, 5.41) is 8.68. The van der Waals surface area contributed by atoms with Crippen molar-refractivity contribution in [3.05, 3.63) is 28.2 Å². The van der Waals surface area contributed by atoms with Crippen LogP contribution in [0, 0.1) is 6.92 Å². The lowest BCUT2D eigenvalue weighted by atomic mass is 10.2. The van der Waals surface area contributed by atoms with Gasteiger partial charge >= 0.3 is 5.97 Å². The first kappa shape index (κ1) is 18.1. The Labute approximate surface area is 134 Å². The summed E-state index contributed by atoms with van der Waals surface area (Å²) in [7, 11) is -3.65. The molecular formula is C14H20BrNO4S. The summed E-state index contributed by atoms with van der Waals surface area (Å²) < 4.78 is 27.3. The normalized spacial score (nSPS) is 12.1. The Kier molecular flexibility index (Phi) is 6.37. The highest BCUT2D eigenvalue weighted by molar-refractivity contribution is 9.10. The smallest absolute Gasteiger partial charge is 0.303 e. The molecule has 0 aliphatic heterocycles. The van der Waals surface area contributed by atoms with E-state index < -0.39 is 16.0 Å². The van der Waals surface area contributed by atoms with Gasteiger partial charge in [0.1, 0.15) is 0 Å². The number of sulfonamides is 1. The molecule has 21 heavy (non-hydrogen) atoms. The highest BCUT2D eigenvalue weighted by Crippen LogP contribution is 2.27. The molecule has 0 unspecified atom stereocenters. The van der Waals surface area contributed by atoms with E-state index in [9.17, 15) is 13.2 Å². The second-order valence-corrected chi connectivity index (χ2v) is 7.85.